The lowest BCUT2D eigenvalue weighted by Gasteiger charge is -2.13. The van der Waals surface area contributed by atoms with Crippen LogP contribution in [-0.4, -0.2) is 43.6 Å². The van der Waals surface area contributed by atoms with E-state index in [1.165, 1.54) is 17.6 Å². The van der Waals surface area contributed by atoms with E-state index in [1.54, 1.807) is 24.3 Å². The molecule has 0 spiro atoms. The Morgan fingerprint density at radius 1 is 1.25 bits per heavy atom. The monoisotopic (exact) mass is 365 g/mol. The second-order valence-electron chi connectivity index (χ2n) is 5.83. The molecule has 3 rings (SSSR count). The van der Waals surface area contributed by atoms with Crippen molar-refractivity contribution in [2.75, 3.05) is 24.7 Å². The van der Waals surface area contributed by atoms with Crippen molar-refractivity contribution in [3.63, 3.8) is 0 Å². The topological polar surface area (TPSA) is 79.4 Å². The molecule has 1 N–H and O–H groups in total. The lowest BCUT2D eigenvalue weighted by molar-refractivity contribution is -0.129. The Bertz CT molecular complexity index is 823. The molecule has 128 valence electrons. The normalized spacial score (nSPS) is 14.8. The van der Waals surface area contributed by atoms with E-state index in [0.29, 0.717) is 11.6 Å². The van der Waals surface area contributed by atoms with Crippen molar-refractivity contribution < 1.29 is 13.2 Å². The Morgan fingerprint density at radius 3 is 2.54 bits per heavy atom. The van der Waals surface area contributed by atoms with Crippen LogP contribution in [0.3, 0.4) is 0 Å². The molecule has 1 aliphatic rings. The first kappa shape index (κ1) is 16.9. The van der Waals surface area contributed by atoms with Crippen molar-refractivity contribution in [2.45, 2.75) is 24.2 Å². The molecule has 1 fully saturated rings. The third kappa shape index (κ3) is 4.12. The smallest absolute Gasteiger partial charge is 0.228 e. The van der Waals surface area contributed by atoms with Crippen molar-refractivity contribution in [3.05, 3.63) is 35.3 Å². The van der Waals surface area contributed by atoms with Crippen LogP contribution in [0.25, 0.3) is 0 Å². The summed E-state index contributed by atoms with van der Waals surface area (Å²) >= 11 is 1.43. The standard InChI is InChI=1S/C16H19N3O3S2/c1-24(21,22)14-6-4-12(5-7-14)17-16-18-13(11-23-16)10-15(20)19-8-2-3-9-19/h4-7,11H,2-3,8-10H2,1H3,(H,17,18). The average molecular weight is 365 g/mol. The second kappa shape index (κ2) is 6.90. The van der Waals surface area contributed by atoms with Crippen molar-refractivity contribution in [2.24, 2.45) is 0 Å². The minimum absolute atomic E-state index is 0.127. The highest BCUT2D eigenvalue weighted by Crippen LogP contribution is 2.23. The van der Waals surface area contributed by atoms with Gasteiger partial charge in [-0.2, -0.15) is 0 Å². The van der Waals surface area contributed by atoms with E-state index in [4.69, 9.17) is 0 Å². The first-order valence-electron chi connectivity index (χ1n) is 7.71. The minimum Gasteiger partial charge on any atom is -0.342 e. The Morgan fingerprint density at radius 2 is 1.92 bits per heavy atom. The summed E-state index contributed by atoms with van der Waals surface area (Å²) in [5.41, 5.74) is 1.52. The van der Waals surface area contributed by atoms with Crippen molar-refractivity contribution in [1.29, 1.82) is 0 Å². The highest BCUT2D eigenvalue weighted by Gasteiger charge is 2.19. The maximum absolute atomic E-state index is 12.1. The lowest BCUT2D eigenvalue weighted by atomic mass is 10.3. The third-order valence-electron chi connectivity index (χ3n) is 3.88. The van der Waals surface area contributed by atoms with E-state index < -0.39 is 9.84 Å². The maximum Gasteiger partial charge on any atom is 0.228 e. The number of carbonyl (C=O) groups excluding carboxylic acids is 1. The predicted molar refractivity (Wildman–Crippen MR) is 94.5 cm³/mol. The van der Waals surface area contributed by atoms with E-state index in [0.717, 1.165) is 37.3 Å². The molecule has 0 saturated carbocycles. The fourth-order valence-corrected chi connectivity index (χ4v) is 3.95. The summed E-state index contributed by atoms with van der Waals surface area (Å²) in [6.45, 7) is 1.70. The molecule has 1 aromatic carbocycles. The van der Waals surface area contributed by atoms with Gasteiger partial charge in [-0.15, -0.1) is 11.3 Å². The van der Waals surface area contributed by atoms with Gasteiger partial charge in [0.1, 0.15) is 0 Å². The fourth-order valence-electron chi connectivity index (χ4n) is 2.59. The van der Waals surface area contributed by atoms with Crippen LogP contribution in [0.5, 0.6) is 0 Å². The fraction of sp³-hybridized carbons (Fsp3) is 0.375. The molecule has 0 radical (unpaired) electrons. The second-order valence-corrected chi connectivity index (χ2v) is 8.70. The Labute approximate surface area is 145 Å². The molecule has 1 amide bonds. The van der Waals surface area contributed by atoms with E-state index >= 15 is 0 Å². The van der Waals surface area contributed by atoms with Gasteiger partial charge in [0, 0.05) is 30.4 Å². The lowest BCUT2D eigenvalue weighted by Crippen LogP contribution is -2.29. The van der Waals surface area contributed by atoms with Crippen molar-refractivity contribution in [1.82, 2.24) is 9.88 Å². The predicted octanol–water partition coefficient (Wildman–Crippen LogP) is 2.46. The summed E-state index contributed by atoms with van der Waals surface area (Å²) < 4.78 is 22.9. The molecule has 0 bridgehead atoms. The highest BCUT2D eigenvalue weighted by molar-refractivity contribution is 7.90. The molecule has 0 unspecified atom stereocenters. The largest absolute Gasteiger partial charge is 0.342 e. The van der Waals surface area contributed by atoms with E-state index in [1.807, 2.05) is 10.3 Å². The Kier molecular flexibility index (Phi) is 4.86. The van der Waals surface area contributed by atoms with E-state index in [9.17, 15) is 13.2 Å². The van der Waals surface area contributed by atoms with Crippen molar-refractivity contribution >= 4 is 37.9 Å². The molecule has 2 aromatic rings. The Balaban J connectivity index is 1.62. The number of hydrogen-bond acceptors (Lipinski definition) is 6. The van der Waals surface area contributed by atoms with Gasteiger partial charge in [-0.3, -0.25) is 4.79 Å². The summed E-state index contributed by atoms with van der Waals surface area (Å²) in [7, 11) is -3.19. The molecule has 2 heterocycles. The molecule has 6 nitrogen and oxygen atoms in total. The first-order chi connectivity index (χ1) is 11.4. The van der Waals surface area contributed by atoms with Crippen LogP contribution < -0.4 is 5.32 Å². The van der Waals surface area contributed by atoms with Crippen LogP contribution in [0.1, 0.15) is 18.5 Å². The number of rotatable bonds is 5. The molecule has 1 aliphatic heterocycles. The number of aromatic nitrogens is 1. The number of likely N-dealkylation sites (tertiary alicyclic amines) is 1. The van der Waals surface area contributed by atoms with Crippen molar-refractivity contribution in [3.8, 4) is 0 Å². The molecule has 1 saturated heterocycles. The van der Waals surface area contributed by atoms with Gasteiger partial charge in [0.05, 0.1) is 17.0 Å². The number of sulfone groups is 1. The van der Waals surface area contributed by atoms with Gasteiger partial charge in [-0.1, -0.05) is 0 Å². The number of thiazole rings is 1. The highest BCUT2D eigenvalue weighted by atomic mass is 32.2. The summed E-state index contributed by atoms with van der Waals surface area (Å²) in [5, 5.41) is 5.70. The van der Waals surface area contributed by atoms with Gasteiger partial charge in [-0.05, 0) is 37.1 Å². The summed E-state index contributed by atoms with van der Waals surface area (Å²) in [6.07, 6.45) is 3.67. The zero-order valence-electron chi connectivity index (χ0n) is 13.4. The molecule has 0 aliphatic carbocycles. The molecule has 0 atom stereocenters. The molecular formula is C16H19N3O3S2. The molecule has 8 heteroatoms. The minimum atomic E-state index is -3.19. The molecule has 1 aromatic heterocycles. The van der Waals surface area contributed by atoms with Crippen LogP contribution in [-0.2, 0) is 21.1 Å². The van der Waals surface area contributed by atoms with Crippen LogP contribution in [0.2, 0.25) is 0 Å². The number of hydrogen-bond donors (Lipinski definition) is 1. The zero-order valence-corrected chi connectivity index (χ0v) is 15.0. The summed E-state index contributed by atoms with van der Waals surface area (Å²) in [6, 6.07) is 6.52. The van der Waals surface area contributed by atoms with E-state index in [-0.39, 0.29) is 10.8 Å². The van der Waals surface area contributed by atoms with E-state index in [2.05, 4.69) is 10.3 Å². The van der Waals surface area contributed by atoms with Gasteiger partial charge in [0.25, 0.3) is 0 Å². The summed E-state index contributed by atoms with van der Waals surface area (Å²) in [4.78, 5) is 18.7. The maximum atomic E-state index is 12.1. The number of amides is 1. The van der Waals surface area contributed by atoms with Gasteiger partial charge in [-0.25, -0.2) is 13.4 Å². The first-order valence-corrected chi connectivity index (χ1v) is 10.5. The number of nitrogens with one attached hydrogen (secondary N) is 1. The van der Waals surface area contributed by atoms with Gasteiger partial charge in [0.15, 0.2) is 15.0 Å². The number of nitrogens with zero attached hydrogens (tertiary/aromatic N) is 2. The third-order valence-corrected chi connectivity index (χ3v) is 5.81. The molecule has 24 heavy (non-hydrogen) atoms. The zero-order chi connectivity index (χ0) is 17.2. The molecular weight excluding hydrogens is 346 g/mol. The Hall–Kier alpha value is -1.93. The number of benzene rings is 1. The van der Waals surface area contributed by atoms with Gasteiger partial charge >= 0.3 is 0 Å². The van der Waals surface area contributed by atoms with Gasteiger partial charge in [0.2, 0.25) is 5.91 Å². The van der Waals surface area contributed by atoms with Crippen LogP contribution in [0.15, 0.2) is 34.5 Å². The van der Waals surface area contributed by atoms with Crippen LogP contribution >= 0.6 is 11.3 Å². The quantitative estimate of drug-likeness (QED) is 0.880. The van der Waals surface area contributed by atoms with Crippen LogP contribution in [0.4, 0.5) is 10.8 Å². The van der Waals surface area contributed by atoms with Crippen LogP contribution in [0, 0.1) is 0 Å². The average Bonchev–Trinajstić information content (AvgIpc) is 3.19. The summed E-state index contributed by atoms with van der Waals surface area (Å²) in [5.74, 6) is 0.127. The SMILES string of the molecule is CS(=O)(=O)c1ccc(Nc2nc(CC(=O)N3CCCC3)cs2)cc1. The van der Waals surface area contributed by atoms with Gasteiger partial charge < -0.3 is 10.2 Å². The number of anilines is 2. The number of carbonyl (C=O) groups is 1.